The minimum absolute atomic E-state index is 0.0453. The van der Waals surface area contributed by atoms with E-state index in [0.29, 0.717) is 38.1 Å². The van der Waals surface area contributed by atoms with Gasteiger partial charge in [0.15, 0.2) is 0 Å². The molecule has 4 rings (SSSR count). The Bertz CT molecular complexity index is 973. The lowest BCUT2D eigenvalue weighted by Gasteiger charge is -2.51. The molecule has 3 amide bonds. The number of hydrogen-bond donors (Lipinski definition) is 2. The van der Waals surface area contributed by atoms with Crippen LogP contribution in [0.2, 0.25) is 0 Å². The normalized spacial score (nSPS) is 25.9. The maximum absolute atomic E-state index is 13.9. The number of nitrogens with one attached hydrogen (secondary N) is 2. The van der Waals surface area contributed by atoms with Crippen molar-refractivity contribution < 1.29 is 14.4 Å². The smallest absolute Gasteiger partial charge is 0.268 e. The predicted octanol–water partition coefficient (Wildman–Crippen LogP) is 2.75. The van der Waals surface area contributed by atoms with Gasteiger partial charge in [-0.2, -0.15) is 0 Å². The summed E-state index contributed by atoms with van der Waals surface area (Å²) in [6, 6.07) is 2.84. The predicted molar refractivity (Wildman–Crippen MR) is 129 cm³/mol. The van der Waals surface area contributed by atoms with Crippen molar-refractivity contribution in [2.24, 2.45) is 5.92 Å². The molecule has 8 heteroatoms. The van der Waals surface area contributed by atoms with E-state index in [4.69, 9.17) is 0 Å². The monoisotopic (exact) mass is 470 g/mol. The molecule has 4 heterocycles. The van der Waals surface area contributed by atoms with E-state index in [1.165, 1.54) is 6.07 Å². The molecule has 3 saturated heterocycles. The molecule has 3 aliphatic heterocycles. The molecule has 34 heavy (non-hydrogen) atoms. The number of aromatic nitrogens is 1. The Morgan fingerprint density at radius 3 is 2.41 bits per heavy atom. The van der Waals surface area contributed by atoms with Gasteiger partial charge >= 0.3 is 0 Å². The van der Waals surface area contributed by atoms with Crippen LogP contribution in [0.1, 0.15) is 87.7 Å². The number of aromatic amines is 1. The van der Waals surface area contributed by atoms with Crippen molar-refractivity contribution in [2.45, 2.75) is 103 Å². The van der Waals surface area contributed by atoms with Crippen LogP contribution in [0.5, 0.6) is 0 Å². The highest BCUT2D eigenvalue weighted by Gasteiger charge is 2.45. The van der Waals surface area contributed by atoms with Crippen LogP contribution in [0.3, 0.4) is 0 Å². The Morgan fingerprint density at radius 2 is 1.79 bits per heavy atom. The fourth-order valence-electron chi connectivity index (χ4n) is 6.06. The van der Waals surface area contributed by atoms with Gasteiger partial charge in [0.25, 0.3) is 5.91 Å². The van der Waals surface area contributed by atoms with Crippen LogP contribution < -0.4 is 10.9 Å². The van der Waals surface area contributed by atoms with Crippen LogP contribution in [0, 0.1) is 12.8 Å². The molecule has 0 radical (unpaired) electrons. The second kappa shape index (κ2) is 10.3. The van der Waals surface area contributed by atoms with Crippen molar-refractivity contribution in [3.8, 4) is 0 Å². The minimum atomic E-state index is -0.389. The molecule has 1 aromatic heterocycles. The van der Waals surface area contributed by atoms with E-state index in [1.54, 1.807) is 13.0 Å². The molecular formula is C26H38N4O4. The summed E-state index contributed by atoms with van der Waals surface area (Å²) in [7, 11) is 0. The molecule has 2 N–H and O–H groups in total. The van der Waals surface area contributed by atoms with Crippen LogP contribution in [-0.4, -0.2) is 63.2 Å². The number of H-pyrrole nitrogens is 1. The average Bonchev–Trinajstić information content (AvgIpc) is 2.76. The molecule has 0 aliphatic carbocycles. The lowest BCUT2D eigenvalue weighted by Crippen LogP contribution is -2.63. The van der Waals surface area contributed by atoms with Gasteiger partial charge in [-0.05, 0) is 75.8 Å². The van der Waals surface area contributed by atoms with Gasteiger partial charge < -0.3 is 20.1 Å². The Balaban J connectivity index is 1.48. The third kappa shape index (κ3) is 5.36. The topological polar surface area (TPSA) is 103 Å². The fraction of sp³-hybridized carbons (Fsp3) is 0.692. The van der Waals surface area contributed by atoms with Gasteiger partial charge in [-0.25, -0.2) is 0 Å². The lowest BCUT2D eigenvalue weighted by molar-refractivity contribution is -0.155. The molecule has 3 fully saturated rings. The molecule has 0 aromatic carbocycles. The maximum atomic E-state index is 13.9. The third-order valence-corrected chi connectivity index (χ3v) is 7.51. The lowest BCUT2D eigenvalue weighted by atomic mass is 9.80. The highest BCUT2D eigenvalue weighted by molar-refractivity contribution is 5.92. The van der Waals surface area contributed by atoms with Crippen molar-refractivity contribution >= 4 is 17.7 Å². The summed E-state index contributed by atoms with van der Waals surface area (Å²) in [4.78, 5) is 57.7. The van der Waals surface area contributed by atoms with Crippen molar-refractivity contribution in [2.75, 3.05) is 6.54 Å². The maximum Gasteiger partial charge on any atom is 0.268 e. The van der Waals surface area contributed by atoms with Crippen molar-refractivity contribution in [1.82, 2.24) is 20.1 Å². The first kappa shape index (κ1) is 24.5. The van der Waals surface area contributed by atoms with Crippen LogP contribution in [-0.2, 0) is 9.59 Å². The van der Waals surface area contributed by atoms with Crippen molar-refractivity contribution in [1.29, 1.82) is 0 Å². The average molecular weight is 471 g/mol. The van der Waals surface area contributed by atoms with Gasteiger partial charge in [0.05, 0.1) is 0 Å². The molecule has 3 aliphatic rings. The number of aryl methyl sites for hydroxylation is 1. The van der Waals surface area contributed by atoms with Gasteiger partial charge in [-0.15, -0.1) is 0 Å². The van der Waals surface area contributed by atoms with E-state index in [1.807, 2.05) is 4.90 Å². The van der Waals surface area contributed by atoms with E-state index < -0.39 is 0 Å². The quantitative estimate of drug-likeness (QED) is 0.667. The van der Waals surface area contributed by atoms with Gasteiger partial charge in [0, 0.05) is 37.2 Å². The molecule has 3 unspecified atom stereocenters. The molecule has 0 spiro atoms. The zero-order valence-electron chi connectivity index (χ0n) is 20.6. The molecule has 3 atom stereocenters. The Kier molecular flexibility index (Phi) is 7.43. The number of carbonyl (C=O) groups is 3. The second-order valence-electron chi connectivity index (χ2n) is 10.8. The van der Waals surface area contributed by atoms with Crippen LogP contribution in [0.15, 0.2) is 16.9 Å². The molecule has 8 nitrogen and oxygen atoms in total. The first-order chi connectivity index (χ1) is 16.2. The summed E-state index contributed by atoms with van der Waals surface area (Å²) in [5, 5.41) is 3.10. The standard InChI is InChI=1S/C26H38N4O4/c1-16(2)11-22(29-10-5-4-9-24(29)32)26(34)30-19-7-6-8-20(30)15-18(14-19)27-25(33)21-12-17(3)13-23(31)28-21/h12-13,16,18-20,22H,4-11,14-15H2,1-3H3,(H,27,33)(H,28,31). The summed E-state index contributed by atoms with van der Waals surface area (Å²) >= 11 is 0. The summed E-state index contributed by atoms with van der Waals surface area (Å²) in [5.41, 5.74) is 0.731. The van der Waals surface area contributed by atoms with E-state index in [0.717, 1.165) is 37.7 Å². The van der Waals surface area contributed by atoms with Gasteiger partial charge in [0.2, 0.25) is 17.4 Å². The highest BCUT2D eigenvalue weighted by atomic mass is 16.2. The minimum Gasteiger partial charge on any atom is -0.348 e. The van der Waals surface area contributed by atoms with E-state index in [2.05, 4.69) is 29.0 Å². The Labute approximate surface area is 201 Å². The number of hydrogen-bond acceptors (Lipinski definition) is 4. The number of amides is 3. The zero-order valence-corrected chi connectivity index (χ0v) is 20.6. The van der Waals surface area contributed by atoms with E-state index in [9.17, 15) is 19.2 Å². The molecule has 1 aromatic rings. The molecular weight excluding hydrogens is 432 g/mol. The summed E-state index contributed by atoms with van der Waals surface area (Å²) in [5.74, 6) is 0.230. The number of carbonyl (C=O) groups excluding carboxylic acids is 3. The SMILES string of the molecule is Cc1cc(C(=O)NC2CC3CCCC(C2)N3C(=O)C(CC(C)C)N2CCCCC2=O)[nH]c(=O)c1. The number of piperidine rings is 3. The summed E-state index contributed by atoms with van der Waals surface area (Å²) in [6.07, 6.45) is 7.37. The number of rotatable bonds is 6. The molecule has 2 bridgehead atoms. The van der Waals surface area contributed by atoms with Crippen LogP contribution in [0.4, 0.5) is 0 Å². The van der Waals surface area contributed by atoms with Crippen molar-refractivity contribution in [3.63, 3.8) is 0 Å². The largest absolute Gasteiger partial charge is 0.348 e. The van der Waals surface area contributed by atoms with Crippen LogP contribution in [0.25, 0.3) is 0 Å². The number of nitrogens with zero attached hydrogens (tertiary/aromatic N) is 2. The van der Waals surface area contributed by atoms with Gasteiger partial charge in [-0.3, -0.25) is 19.2 Å². The molecule has 186 valence electrons. The molecule has 0 saturated carbocycles. The fourth-order valence-corrected chi connectivity index (χ4v) is 6.06. The van der Waals surface area contributed by atoms with Crippen molar-refractivity contribution in [3.05, 3.63) is 33.7 Å². The third-order valence-electron chi connectivity index (χ3n) is 7.51. The summed E-state index contributed by atoms with van der Waals surface area (Å²) in [6.45, 7) is 6.67. The van der Waals surface area contributed by atoms with Gasteiger partial charge in [-0.1, -0.05) is 13.8 Å². The Hall–Kier alpha value is -2.64. The van der Waals surface area contributed by atoms with Gasteiger partial charge in [0.1, 0.15) is 11.7 Å². The van der Waals surface area contributed by atoms with E-state index in [-0.39, 0.29) is 53.1 Å². The Morgan fingerprint density at radius 1 is 1.09 bits per heavy atom. The summed E-state index contributed by atoms with van der Waals surface area (Å²) < 4.78 is 0. The first-order valence-corrected chi connectivity index (χ1v) is 12.9. The highest BCUT2D eigenvalue weighted by Crippen LogP contribution is 2.36. The zero-order chi connectivity index (χ0) is 24.4. The van der Waals surface area contributed by atoms with Crippen LogP contribution >= 0.6 is 0 Å². The number of likely N-dealkylation sites (tertiary alicyclic amines) is 1. The number of fused-ring (bicyclic) bond motifs is 2. The number of pyridine rings is 1. The second-order valence-corrected chi connectivity index (χ2v) is 10.8. The van der Waals surface area contributed by atoms with E-state index >= 15 is 0 Å². The first-order valence-electron chi connectivity index (χ1n) is 12.9.